The molecule has 0 saturated carbocycles. The number of ether oxygens (including phenoxy) is 2. The molecule has 0 aliphatic heterocycles. The van der Waals surface area contributed by atoms with Gasteiger partial charge in [-0.05, 0) is 55.3 Å². The number of anilines is 1. The topological polar surface area (TPSA) is 67.8 Å². The van der Waals surface area contributed by atoms with Gasteiger partial charge >= 0.3 is 5.97 Å². The van der Waals surface area contributed by atoms with Gasteiger partial charge in [0.1, 0.15) is 6.61 Å². The maximum Gasteiger partial charge on any atom is 0.337 e. The third-order valence-electron chi connectivity index (χ3n) is 4.57. The Morgan fingerprint density at radius 3 is 2.55 bits per heavy atom. The lowest BCUT2D eigenvalue weighted by Crippen LogP contribution is -2.05. The van der Waals surface area contributed by atoms with E-state index in [9.17, 15) is 4.79 Å². The number of rotatable bonds is 9. The number of aromatic carboxylic acids is 1. The summed E-state index contributed by atoms with van der Waals surface area (Å²) in [5.41, 5.74) is 4.03. The molecule has 2 N–H and O–H groups in total. The molecule has 3 aromatic carbocycles. The summed E-state index contributed by atoms with van der Waals surface area (Å²) in [5.74, 6) is 0.268. The van der Waals surface area contributed by atoms with Crippen LogP contribution in [0.1, 0.15) is 34.0 Å². The molecule has 3 aromatic rings. The Morgan fingerprint density at radius 2 is 1.87 bits per heavy atom. The molecule has 0 unspecified atom stereocenters. The molecule has 0 atom stereocenters. The van der Waals surface area contributed by atoms with Crippen LogP contribution in [0.2, 0.25) is 5.02 Å². The van der Waals surface area contributed by atoms with Crippen molar-refractivity contribution in [3.8, 4) is 11.5 Å². The van der Waals surface area contributed by atoms with Gasteiger partial charge in [-0.15, -0.1) is 0 Å². The molecule has 5 nitrogen and oxygen atoms in total. The second kappa shape index (κ2) is 10.6. The number of carbonyl (C=O) groups is 1. The van der Waals surface area contributed by atoms with Crippen LogP contribution < -0.4 is 14.8 Å². The van der Waals surface area contributed by atoms with E-state index in [1.165, 1.54) is 11.6 Å². The van der Waals surface area contributed by atoms with Crippen LogP contribution in [0.3, 0.4) is 0 Å². The van der Waals surface area contributed by atoms with Gasteiger partial charge in [-0.1, -0.05) is 57.4 Å². The molecule has 0 amide bonds. The van der Waals surface area contributed by atoms with Crippen LogP contribution in [-0.4, -0.2) is 17.7 Å². The standard InChI is InChI=1S/C24H23BrClNO4/c1-3-30-22-10-17(13-27-18-7-8-19(24(28)29)21(26)11-18)20(25)12-23(22)31-14-16-6-4-5-15(2)9-16/h4-12,27H,3,13-14H2,1-2H3,(H,28,29). The van der Waals surface area contributed by atoms with Gasteiger partial charge in [0.25, 0.3) is 0 Å². The summed E-state index contributed by atoms with van der Waals surface area (Å²) in [6.45, 7) is 5.43. The number of benzene rings is 3. The van der Waals surface area contributed by atoms with Crippen LogP contribution in [0.25, 0.3) is 0 Å². The Kier molecular flexibility index (Phi) is 7.82. The first kappa shape index (κ1) is 23.0. The average Bonchev–Trinajstić information content (AvgIpc) is 2.72. The highest BCUT2D eigenvalue weighted by atomic mass is 79.9. The largest absolute Gasteiger partial charge is 0.490 e. The van der Waals surface area contributed by atoms with E-state index in [-0.39, 0.29) is 10.6 Å². The lowest BCUT2D eigenvalue weighted by Gasteiger charge is -2.16. The minimum absolute atomic E-state index is 0.0714. The van der Waals surface area contributed by atoms with Crippen LogP contribution in [0, 0.1) is 6.92 Å². The van der Waals surface area contributed by atoms with Crippen LogP contribution in [0.5, 0.6) is 11.5 Å². The lowest BCUT2D eigenvalue weighted by atomic mass is 10.1. The molecule has 0 heterocycles. The third-order valence-corrected chi connectivity index (χ3v) is 5.62. The zero-order chi connectivity index (χ0) is 22.4. The second-order valence-electron chi connectivity index (χ2n) is 6.95. The number of hydrogen-bond acceptors (Lipinski definition) is 4. The number of hydrogen-bond donors (Lipinski definition) is 2. The summed E-state index contributed by atoms with van der Waals surface area (Å²) in [5, 5.41) is 12.5. The highest BCUT2D eigenvalue weighted by Gasteiger charge is 2.13. The van der Waals surface area contributed by atoms with E-state index in [1.807, 2.05) is 31.2 Å². The summed E-state index contributed by atoms with van der Waals surface area (Å²) in [6.07, 6.45) is 0. The van der Waals surface area contributed by atoms with Crippen molar-refractivity contribution >= 4 is 39.2 Å². The smallest absolute Gasteiger partial charge is 0.337 e. The third kappa shape index (κ3) is 6.15. The molecule has 0 fully saturated rings. The van der Waals surface area contributed by atoms with Crippen molar-refractivity contribution in [2.45, 2.75) is 27.0 Å². The Hall–Kier alpha value is -2.70. The molecule has 3 rings (SSSR count). The van der Waals surface area contributed by atoms with Crippen molar-refractivity contribution in [3.05, 3.63) is 86.3 Å². The Balaban J connectivity index is 1.74. The summed E-state index contributed by atoms with van der Waals surface area (Å²) in [6, 6.07) is 16.8. The summed E-state index contributed by atoms with van der Waals surface area (Å²) >= 11 is 9.66. The van der Waals surface area contributed by atoms with Crippen LogP contribution >= 0.6 is 27.5 Å². The van der Waals surface area contributed by atoms with Gasteiger partial charge < -0.3 is 19.9 Å². The predicted octanol–water partition coefficient (Wildman–Crippen LogP) is 6.70. The van der Waals surface area contributed by atoms with E-state index < -0.39 is 5.97 Å². The lowest BCUT2D eigenvalue weighted by molar-refractivity contribution is 0.0697. The molecule has 31 heavy (non-hydrogen) atoms. The van der Waals surface area contributed by atoms with Crippen molar-refractivity contribution in [3.63, 3.8) is 0 Å². The first-order chi connectivity index (χ1) is 14.9. The Morgan fingerprint density at radius 1 is 1.10 bits per heavy atom. The van der Waals surface area contributed by atoms with E-state index in [0.717, 1.165) is 21.3 Å². The molecule has 0 bridgehead atoms. The maximum absolute atomic E-state index is 11.1. The zero-order valence-corrected chi connectivity index (χ0v) is 19.6. The zero-order valence-electron chi connectivity index (χ0n) is 17.2. The molecule has 0 spiro atoms. The van der Waals surface area contributed by atoms with Gasteiger partial charge in [0.15, 0.2) is 11.5 Å². The fraction of sp³-hybridized carbons (Fsp3) is 0.208. The fourth-order valence-electron chi connectivity index (χ4n) is 3.05. The Bertz CT molecular complexity index is 1090. The van der Waals surface area contributed by atoms with E-state index in [1.54, 1.807) is 12.1 Å². The van der Waals surface area contributed by atoms with E-state index in [0.29, 0.717) is 31.3 Å². The molecule has 0 aromatic heterocycles. The summed E-state index contributed by atoms with van der Waals surface area (Å²) < 4.78 is 12.7. The fourth-order valence-corrected chi connectivity index (χ4v) is 3.78. The molecule has 0 radical (unpaired) electrons. The van der Waals surface area contributed by atoms with Crippen LogP contribution in [-0.2, 0) is 13.2 Å². The molecule has 7 heteroatoms. The van der Waals surface area contributed by atoms with Gasteiger partial charge in [0.2, 0.25) is 0 Å². The monoisotopic (exact) mass is 503 g/mol. The van der Waals surface area contributed by atoms with Crippen LogP contribution in [0.15, 0.2) is 59.1 Å². The number of halogens is 2. The molecule has 0 aliphatic rings. The number of carboxylic acid groups (broad SMARTS) is 1. The summed E-state index contributed by atoms with van der Waals surface area (Å²) in [4.78, 5) is 11.1. The van der Waals surface area contributed by atoms with Crippen molar-refractivity contribution in [2.24, 2.45) is 0 Å². The van der Waals surface area contributed by atoms with Gasteiger partial charge in [-0.2, -0.15) is 0 Å². The quantitative estimate of drug-likeness (QED) is 0.339. The summed E-state index contributed by atoms with van der Waals surface area (Å²) in [7, 11) is 0. The number of aryl methyl sites for hydroxylation is 1. The van der Waals surface area contributed by atoms with Crippen molar-refractivity contribution in [1.82, 2.24) is 0 Å². The van der Waals surface area contributed by atoms with Crippen LogP contribution in [0.4, 0.5) is 5.69 Å². The minimum atomic E-state index is -1.05. The van der Waals surface area contributed by atoms with Gasteiger partial charge in [0.05, 0.1) is 17.2 Å². The van der Waals surface area contributed by atoms with Gasteiger partial charge in [-0.3, -0.25) is 0 Å². The van der Waals surface area contributed by atoms with Gasteiger partial charge in [-0.25, -0.2) is 4.79 Å². The highest BCUT2D eigenvalue weighted by molar-refractivity contribution is 9.10. The molecule has 0 aliphatic carbocycles. The van der Waals surface area contributed by atoms with E-state index >= 15 is 0 Å². The molecule has 162 valence electrons. The first-order valence-electron chi connectivity index (χ1n) is 9.77. The number of carboxylic acids is 1. The number of nitrogens with one attached hydrogen (secondary N) is 1. The normalized spacial score (nSPS) is 10.6. The minimum Gasteiger partial charge on any atom is -0.490 e. The van der Waals surface area contributed by atoms with E-state index in [4.69, 9.17) is 26.2 Å². The highest BCUT2D eigenvalue weighted by Crippen LogP contribution is 2.35. The predicted molar refractivity (Wildman–Crippen MR) is 127 cm³/mol. The van der Waals surface area contributed by atoms with Crippen molar-refractivity contribution in [1.29, 1.82) is 0 Å². The van der Waals surface area contributed by atoms with E-state index in [2.05, 4.69) is 40.3 Å². The molecular formula is C24H23BrClNO4. The SMILES string of the molecule is CCOc1cc(CNc2ccc(C(=O)O)c(Cl)c2)c(Br)cc1OCc1cccc(C)c1. The molecular weight excluding hydrogens is 482 g/mol. The Labute approximate surface area is 195 Å². The second-order valence-corrected chi connectivity index (χ2v) is 8.22. The first-order valence-corrected chi connectivity index (χ1v) is 10.9. The van der Waals surface area contributed by atoms with Crippen molar-refractivity contribution in [2.75, 3.05) is 11.9 Å². The van der Waals surface area contributed by atoms with Gasteiger partial charge in [0, 0.05) is 16.7 Å². The maximum atomic E-state index is 11.1. The average molecular weight is 505 g/mol. The van der Waals surface area contributed by atoms with Crippen molar-refractivity contribution < 1.29 is 19.4 Å². The molecule has 0 saturated heterocycles.